The first kappa shape index (κ1) is 12.9. The van der Waals surface area contributed by atoms with E-state index in [4.69, 9.17) is 9.52 Å². The Morgan fingerprint density at radius 2 is 2.11 bits per heavy atom. The number of carboxylic acids is 1. The summed E-state index contributed by atoms with van der Waals surface area (Å²) >= 11 is 3.46. The van der Waals surface area contributed by atoms with Crippen molar-refractivity contribution in [3.63, 3.8) is 0 Å². The number of rotatable bonds is 5. The molecule has 0 unspecified atom stereocenters. The summed E-state index contributed by atoms with van der Waals surface area (Å²) in [6, 6.07) is 9.44. The van der Waals surface area contributed by atoms with Gasteiger partial charge >= 0.3 is 5.97 Å². The highest BCUT2D eigenvalue weighted by atomic mass is 79.9. The first-order chi connectivity index (χ1) is 8.66. The Bertz CT molecular complexity index is 551. The molecule has 0 aliphatic heterocycles. The van der Waals surface area contributed by atoms with Crippen LogP contribution in [0.2, 0.25) is 0 Å². The van der Waals surface area contributed by atoms with Crippen LogP contribution in [0, 0.1) is 0 Å². The van der Waals surface area contributed by atoms with E-state index in [2.05, 4.69) is 21.2 Å². The SMILES string of the molecule is O=C(O)c1coc(CNCc2ccccc2Br)c1. The minimum Gasteiger partial charge on any atom is -0.478 e. The summed E-state index contributed by atoms with van der Waals surface area (Å²) in [6.07, 6.45) is 1.25. The van der Waals surface area contributed by atoms with Crippen molar-refractivity contribution in [2.45, 2.75) is 13.1 Å². The van der Waals surface area contributed by atoms with Crippen LogP contribution in [0.1, 0.15) is 21.7 Å². The van der Waals surface area contributed by atoms with Gasteiger partial charge in [-0.3, -0.25) is 0 Å². The topological polar surface area (TPSA) is 62.5 Å². The van der Waals surface area contributed by atoms with Crippen molar-refractivity contribution in [1.29, 1.82) is 0 Å². The van der Waals surface area contributed by atoms with Gasteiger partial charge in [0, 0.05) is 11.0 Å². The van der Waals surface area contributed by atoms with Crippen LogP contribution in [-0.4, -0.2) is 11.1 Å². The second-order valence-corrected chi connectivity index (χ2v) is 4.66. The Balaban J connectivity index is 1.88. The molecule has 0 amide bonds. The number of carboxylic acid groups (broad SMARTS) is 1. The van der Waals surface area contributed by atoms with Crippen molar-refractivity contribution in [3.05, 3.63) is 58.0 Å². The maximum absolute atomic E-state index is 10.7. The van der Waals surface area contributed by atoms with Gasteiger partial charge in [0.2, 0.25) is 0 Å². The fourth-order valence-corrected chi connectivity index (χ4v) is 1.97. The Morgan fingerprint density at radius 3 is 2.78 bits per heavy atom. The first-order valence-corrected chi connectivity index (χ1v) is 6.21. The molecule has 0 atom stereocenters. The van der Waals surface area contributed by atoms with E-state index < -0.39 is 5.97 Å². The maximum atomic E-state index is 10.7. The summed E-state index contributed by atoms with van der Waals surface area (Å²) in [7, 11) is 0. The van der Waals surface area contributed by atoms with Crippen molar-refractivity contribution in [2.24, 2.45) is 0 Å². The molecule has 0 bridgehead atoms. The van der Waals surface area contributed by atoms with E-state index >= 15 is 0 Å². The standard InChI is InChI=1S/C13H12BrNO3/c14-12-4-2-1-3-9(12)6-15-7-11-5-10(8-18-11)13(16)17/h1-5,8,15H,6-7H2,(H,16,17). The highest BCUT2D eigenvalue weighted by Crippen LogP contribution is 2.15. The van der Waals surface area contributed by atoms with Crippen LogP contribution >= 0.6 is 15.9 Å². The number of benzene rings is 1. The largest absolute Gasteiger partial charge is 0.478 e. The second kappa shape index (κ2) is 5.84. The molecule has 0 fully saturated rings. The molecule has 2 aromatic rings. The summed E-state index contributed by atoms with van der Waals surface area (Å²) in [5.74, 6) is -0.366. The van der Waals surface area contributed by atoms with E-state index in [1.54, 1.807) is 0 Å². The van der Waals surface area contributed by atoms with Crippen LogP contribution in [0.25, 0.3) is 0 Å². The van der Waals surface area contributed by atoms with Crippen LogP contribution in [-0.2, 0) is 13.1 Å². The van der Waals surface area contributed by atoms with Gasteiger partial charge in [0.1, 0.15) is 12.0 Å². The average molecular weight is 310 g/mol. The summed E-state index contributed by atoms with van der Waals surface area (Å²) in [5, 5.41) is 11.9. The van der Waals surface area contributed by atoms with E-state index in [9.17, 15) is 4.79 Å². The normalized spacial score (nSPS) is 10.5. The van der Waals surface area contributed by atoms with Gasteiger partial charge in [-0.15, -0.1) is 0 Å². The molecular formula is C13H12BrNO3. The van der Waals surface area contributed by atoms with Gasteiger partial charge in [0.05, 0.1) is 12.1 Å². The van der Waals surface area contributed by atoms with Crippen molar-refractivity contribution >= 4 is 21.9 Å². The Hall–Kier alpha value is -1.59. The molecule has 0 aliphatic rings. The predicted octanol–water partition coefficient (Wildman–Crippen LogP) is 3.03. The lowest BCUT2D eigenvalue weighted by Gasteiger charge is -2.04. The summed E-state index contributed by atoms with van der Waals surface area (Å²) < 4.78 is 6.18. The number of nitrogens with one attached hydrogen (secondary N) is 1. The van der Waals surface area contributed by atoms with Crippen molar-refractivity contribution < 1.29 is 14.3 Å². The molecule has 0 radical (unpaired) electrons. The molecule has 0 spiro atoms. The number of aromatic carboxylic acids is 1. The molecule has 2 rings (SSSR count). The summed E-state index contributed by atoms with van der Waals surface area (Å²) in [5.41, 5.74) is 1.32. The third-order valence-corrected chi connectivity index (χ3v) is 3.25. The van der Waals surface area contributed by atoms with Crippen molar-refractivity contribution in [2.75, 3.05) is 0 Å². The molecule has 5 heteroatoms. The third kappa shape index (κ3) is 3.21. The fraction of sp³-hybridized carbons (Fsp3) is 0.154. The lowest BCUT2D eigenvalue weighted by atomic mass is 10.2. The molecular weight excluding hydrogens is 298 g/mol. The van der Waals surface area contributed by atoms with Crippen molar-refractivity contribution in [3.8, 4) is 0 Å². The summed E-state index contributed by atoms with van der Waals surface area (Å²) in [6.45, 7) is 1.18. The molecule has 2 N–H and O–H groups in total. The van der Waals surface area contributed by atoms with E-state index in [0.29, 0.717) is 18.8 Å². The highest BCUT2D eigenvalue weighted by Gasteiger charge is 2.07. The zero-order chi connectivity index (χ0) is 13.0. The molecule has 0 saturated heterocycles. The maximum Gasteiger partial charge on any atom is 0.338 e. The zero-order valence-electron chi connectivity index (χ0n) is 9.52. The number of hydrogen-bond acceptors (Lipinski definition) is 3. The smallest absolute Gasteiger partial charge is 0.338 e. The molecule has 0 saturated carbocycles. The van der Waals surface area contributed by atoms with Crippen LogP contribution in [0.3, 0.4) is 0 Å². The number of hydrogen-bond donors (Lipinski definition) is 2. The molecule has 1 aromatic carbocycles. The van der Waals surface area contributed by atoms with Crippen LogP contribution in [0.5, 0.6) is 0 Å². The van der Waals surface area contributed by atoms with Gasteiger partial charge in [0.15, 0.2) is 0 Å². The Kier molecular flexibility index (Phi) is 4.17. The second-order valence-electron chi connectivity index (χ2n) is 3.80. The lowest BCUT2D eigenvalue weighted by molar-refractivity contribution is 0.0696. The van der Waals surface area contributed by atoms with Crippen LogP contribution < -0.4 is 5.32 Å². The molecule has 1 heterocycles. The number of halogens is 1. The van der Waals surface area contributed by atoms with Gasteiger partial charge in [0.25, 0.3) is 0 Å². The van der Waals surface area contributed by atoms with E-state index in [-0.39, 0.29) is 5.56 Å². The molecule has 18 heavy (non-hydrogen) atoms. The van der Waals surface area contributed by atoms with E-state index in [1.165, 1.54) is 12.3 Å². The van der Waals surface area contributed by atoms with E-state index in [1.807, 2.05) is 24.3 Å². The number of carbonyl (C=O) groups is 1. The third-order valence-electron chi connectivity index (χ3n) is 2.47. The van der Waals surface area contributed by atoms with Gasteiger partial charge in [-0.1, -0.05) is 34.1 Å². The van der Waals surface area contributed by atoms with Gasteiger partial charge in [-0.05, 0) is 17.7 Å². The van der Waals surface area contributed by atoms with Gasteiger partial charge < -0.3 is 14.8 Å². The van der Waals surface area contributed by atoms with Crippen molar-refractivity contribution in [1.82, 2.24) is 5.32 Å². The van der Waals surface area contributed by atoms with E-state index in [0.717, 1.165) is 10.0 Å². The van der Waals surface area contributed by atoms with Gasteiger partial charge in [-0.2, -0.15) is 0 Å². The van der Waals surface area contributed by atoms with Crippen LogP contribution in [0.4, 0.5) is 0 Å². The molecule has 4 nitrogen and oxygen atoms in total. The Labute approximate surface area is 113 Å². The predicted molar refractivity (Wildman–Crippen MR) is 70.4 cm³/mol. The monoisotopic (exact) mass is 309 g/mol. The quantitative estimate of drug-likeness (QED) is 0.891. The van der Waals surface area contributed by atoms with Gasteiger partial charge in [-0.25, -0.2) is 4.79 Å². The number of furan rings is 1. The molecule has 94 valence electrons. The zero-order valence-corrected chi connectivity index (χ0v) is 11.1. The fourth-order valence-electron chi connectivity index (χ4n) is 1.55. The molecule has 0 aliphatic carbocycles. The van der Waals surface area contributed by atoms with Crippen LogP contribution in [0.15, 0.2) is 45.5 Å². The minimum absolute atomic E-state index is 0.174. The first-order valence-electron chi connectivity index (χ1n) is 5.41. The summed E-state index contributed by atoms with van der Waals surface area (Å²) in [4.78, 5) is 10.7. The Morgan fingerprint density at radius 1 is 1.33 bits per heavy atom. The average Bonchev–Trinajstić information content (AvgIpc) is 2.80. The minimum atomic E-state index is -0.976. The molecule has 1 aromatic heterocycles. The highest BCUT2D eigenvalue weighted by molar-refractivity contribution is 9.10. The lowest BCUT2D eigenvalue weighted by Crippen LogP contribution is -2.12.